The number of hydrogen-bond donors (Lipinski definition) is 1. The van der Waals surface area contributed by atoms with Crippen LogP contribution >= 0.6 is 11.6 Å². The molecule has 0 radical (unpaired) electrons. The van der Waals surface area contributed by atoms with E-state index in [-0.39, 0.29) is 11.8 Å². The third-order valence-corrected chi connectivity index (χ3v) is 6.77. The zero-order valence-corrected chi connectivity index (χ0v) is 18.9. The molecule has 5 atom stereocenters. The summed E-state index contributed by atoms with van der Waals surface area (Å²) in [6.07, 6.45) is -0.279. The van der Waals surface area contributed by atoms with E-state index in [1.54, 1.807) is 77.5 Å². The van der Waals surface area contributed by atoms with Gasteiger partial charge < -0.3 is 18.8 Å². The van der Waals surface area contributed by atoms with E-state index in [0.29, 0.717) is 22.2 Å². The predicted molar refractivity (Wildman–Crippen MR) is 123 cm³/mol. The highest BCUT2D eigenvalue weighted by Gasteiger charge is 2.80. The zero-order valence-electron chi connectivity index (χ0n) is 18.1. The average molecular weight is 496 g/mol. The van der Waals surface area contributed by atoms with Crippen LogP contribution in [0.2, 0.25) is 5.15 Å². The third-order valence-electron chi connectivity index (χ3n) is 6.48. The molecule has 2 aromatic carbocycles. The molecule has 35 heavy (non-hydrogen) atoms. The number of ether oxygens (including phenoxy) is 3. The fourth-order valence-electron chi connectivity index (χ4n) is 4.77. The zero-order chi connectivity index (χ0) is 24.2. The average Bonchev–Trinajstić information content (AvgIpc) is 3.21. The first kappa shape index (κ1) is 21.8. The van der Waals surface area contributed by atoms with Gasteiger partial charge in [-0.3, -0.25) is 5.10 Å². The summed E-state index contributed by atoms with van der Waals surface area (Å²) in [5.74, 6) is -4.12. The molecule has 0 amide bonds. The molecular formula is C25H19ClFN3O5. The number of aromatic amines is 1. The summed E-state index contributed by atoms with van der Waals surface area (Å²) in [6, 6.07) is 17.8. The van der Waals surface area contributed by atoms with E-state index in [2.05, 4.69) is 10.2 Å². The second-order valence-corrected chi connectivity index (χ2v) is 8.88. The molecule has 8 nitrogen and oxygen atoms in total. The van der Waals surface area contributed by atoms with Crippen LogP contribution in [0, 0.1) is 5.92 Å². The summed E-state index contributed by atoms with van der Waals surface area (Å²) >= 11 is 6.08. The van der Waals surface area contributed by atoms with Crippen LogP contribution in [-0.2, 0) is 14.2 Å². The second kappa shape index (κ2) is 8.21. The van der Waals surface area contributed by atoms with Crippen molar-refractivity contribution < 1.29 is 28.2 Å². The molecule has 1 N–H and O–H groups in total. The van der Waals surface area contributed by atoms with Gasteiger partial charge in [0.15, 0.2) is 5.15 Å². The predicted octanol–water partition coefficient (Wildman–Crippen LogP) is 4.34. The highest BCUT2D eigenvalue weighted by atomic mass is 35.5. The summed E-state index contributed by atoms with van der Waals surface area (Å²) in [6.45, 7) is -0.271. The van der Waals surface area contributed by atoms with Gasteiger partial charge in [-0.1, -0.05) is 48.0 Å². The molecule has 3 unspecified atom stereocenters. The lowest BCUT2D eigenvalue weighted by Gasteiger charge is -2.24. The summed E-state index contributed by atoms with van der Waals surface area (Å²) in [4.78, 5) is 25.3. The van der Waals surface area contributed by atoms with Crippen LogP contribution in [-0.4, -0.2) is 51.4 Å². The summed E-state index contributed by atoms with van der Waals surface area (Å²) in [5.41, 5.74) is 1.21. The molecule has 2 aliphatic rings. The minimum absolute atomic E-state index is 0.271. The van der Waals surface area contributed by atoms with Gasteiger partial charge >= 0.3 is 11.9 Å². The van der Waals surface area contributed by atoms with E-state index in [9.17, 15) is 9.59 Å². The first-order valence-electron chi connectivity index (χ1n) is 11.0. The maximum absolute atomic E-state index is 16.0. The van der Waals surface area contributed by atoms with Gasteiger partial charge in [-0.15, -0.1) is 0 Å². The molecule has 1 aliphatic heterocycles. The number of carbonyl (C=O) groups excluding carboxylic acids is 2. The van der Waals surface area contributed by atoms with Crippen LogP contribution in [0.3, 0.4) is 0 Å². The number of carbonyl (C=O) groups is 2. The number of benzene rings is 2. The van der Waals surface area contributed by atoms with Gasteiger partial charge in [0.25, 0.3) is 0 Å². The van der Waals surface area contributed by atoms with Gasteiger partial charge in [-0.25, -0.2) is 14.0 Å². The van der Waals surface area contributed by atoms with Gasteiger partial charge in [0.05, 0.1) is 22.4 Å². The lowest BCUT2D eigenvalue weighted by atomic mass is 10.1. The quantitative estimate of drug-likeness (QED) is 0.400. The van der Waals surface area contributed by atoms with Crippen molar-refractivity contribution in [2.24, 2.45) is 5.92 Å². The number of nitrogens with zero attached hydrogens (tertiary/aromatic N) is 2. The Kier molecular flexibility index (Phi) is 5.12. The number of alkyl halides is 1. The Bertz CT molecular complexity index is 1410. The van der Waals surface area contributed by atoms with Crippen LogP contribution in [0.4, 0.5) is 4.39 Å². The molecule has 3 heterocycles. The van der Waals surface area contributed by atoms with Gasteiger partial charge in [0.2, 0.25) is 5.85 Å². The second-order valence-electron chi connectivity index (χ2n) is 8.52. The molecule has 10 heteroatoms. The van der Waals surface area contributed by atoms with Crippen molar-refractivity contribution in [1.82, 2.24) is 14.8 Å². The SMILES string of the molecule is O=C(OC[C@H]1OC2(F)C(C1OC(=O)c1ccccc1)[C@@H]2n1ccc2c(Cl)n[nH]c21)c1ccccc1. The molecule has 2 fully saturated rings. The van der Waals surface area contributed by atoms with Gasteiger partial charge in [-0.05, 0) is 30.3 Å². The van der Waals surface area contributed by atoms with E-state index in [4.69, 9.17) is 25.8 Å². The van der Waals surface area contributed by atoms with Gasteiger partial charge in [0.1, 0.15) is 30.5 Å². The van der Waals surface area contributed by atoms with E-state index >= 15 is 4.39 Å². The van der Waals surface area contributed by atoms with Crippen molar-refractivity contribution in [2.75, 3.05) is 6.61 Å². The molecule has 0 bridgehead atoms. The number of aromatic nitrogens is 3. The Morgan fingerprint density at radius 1 is 1.06 bits per heavy atom. The number of H-pyrrole nitrogens is 1. The van der Waals surface area contributed by atoms with Crippen LogP contribution in [0.5, 0.6) is 0 Å². The summed E-state index contributed by atoms with van der Waals surface area (Å²) in [7, 11) is 0. The van der Waals surface area contributed by atoms with Crippen molar-refractivity contribution >= 4 is 34.6 Å². The Balaban J connectivity index is 1.25. The fraction of sp³-hybridized carbons (Fsp3) is 0.240. The molecule has 4 aromatic rings. The van der Waals surface area contributed by atoms with E-state index in [1.165, 1.54) is 0 Å². The van der Waals surface area contributed by atoms with Crippen LogP contribution in [0.15, 0.2) is 72.9 Å². The number of rotatable bonds is 6. The Hall–Kier alpha value is -3.69. The smallest absolute Gasteiger partial charge is 0.338 e. The van der Waals surface area contributed by atoms with E-state index in [1.807, 2.05) is 0 Å². The number of hydrogen-bond acceptors (Lipinski definition) is 6. The summed E-state index contributed by atoms with van der Waals surface area (Å²) < 4.78 is 34.5. The van der Waals surface area contributed by atoms with Crippen molar-refractivity contribution in [3.05, 3.63) is 89.2 Å². The van der Waals surface area contributed by atoms with E-state index < -0.39 is 42.0 Å². The highest BCUT2D eigenvalue weighted by Crippen LogP contribution is 2.66. The molecule has 1 aliphatic carbocycles. The molecule has 1 saturated heterocycles. The first-order chi connectivity index (χ1) is 17.0. The molecular weight excluding hydrogens is 477 g/mol. The minimum Gasteiger partial charge on any atom is -0.459 e. The van der Waals surface area contributed by atoms with Crippen molar-refractivity contribution in [2.45, 2.75) is 24.1 Å². The van der Waals surface area contributed by atoms with Crippen molar-refractivity contribution in [1.29, 1.82) is 0 Å². The fourth-order valence-corrected chi connectivity index (χ4v) is 4.97. The van der Waals surface area contributed by atoms with Crippen LogP contribution < -0.4 is 0 Å². The Labute approximate surface area is 203 Å². The maximum Gasteiger partial charge on any atom is 0.338 e. The van der Waals surface area contributed by atoms with Gasteiger partial charge in [-0.2, -0.15) is 5.10 Å². The number of fused-ring (bicyclic) bond motifs is 2. The van der Waals surface area contributed by atoms with Gasteiger partial charge in [0, 0.05) is 6.20 Å². The Morgan fingerprint density at radius 3 is 2.40 bits per heavy atom. The molecule has 0 spiro atoms. The molecule has 6 rings (SSSR count). The number of halogens is 2. The third kappa shape index (κ3) is 3.59. The topological polar surface area (TPSA) is 95.4 Å². The Morgan fingerprint density at radius 2 is 1.71 bits per heavy atom. The first-order valence-corrected chi connectivity index (χ1v) is 11.4. The van der Waals surface area contributed by atoms with E-state index in [0.717, 1.165) is 0 Å². The largest absolute Gasteiger partial charge is 0.459 e. The normalized spacial score (nSPS) is 26.9. The highest BCUT2D eigenvalue weighted by molar-refractivity contribution is 6.34. The monoisotopic (exact) mass is 495 g/mol. The lowest BCUT2D eigenvalue weighted by molar-refractivity contribution is -0.123. The summed E-state index contributed by atoms with van der Waals surface area (Å²) in [5, 5.41) is 7.67. The van der Waals surface area contributed by atoms with Crippen LogP contribution in [0.1, 0.15) is 26.8 Å². The lowest BCUT2D eigenvalue weighted by Crippen LogP contribution is -2.37. The van der Waals surface area contributed by atoms with Crippen molar-refractivity contribution in [3.8, 4) is 0 Å². The van der Waals surface area contributed by atoms with Crippen molar-refractivity contribution in [3.63, 3.8) is 0 Å². The maximum atomic E-state index is 16.0. The number of nitrogens with one attached hydrogen (secondary N) is 1. The standard InChI is InChI=1S/C25H19ClFN3O5/c26-21-16-11-12-30(22(16)29-28-21)20-18-19(34-24(32)15-9-5-2-6-10-15)17(35-25(18,20)27)13-33-23(31)14-7-3-1-4-8-14/h1-12,17-20H,13H2,(H,28,29)/t17-,18?,19?,20+,25?/m1/s1. The van der Waals surface area contributed by atoms with Crippen LogP contribution in [0.25, 0.3) is 11.0 Å². The minimum atomic E-state index is -2.12. The molecule has 178 valence electrons. The molecule has 1 saturated carbocycles. The number of esters is 2. The molecule has 2 aromatic heterocycles.